The SMILES string of the molecule is Cc1ncsc1-c1cnc(C(C)NC(=O)[C@@H]2C[C@@H](O)CN2C(=O)C(C(=O)C=C(N)OCCN2CCC(n3nc(N)c4nnc(-c5ccccc5O)cc43)CC2)C(C)C)cn1. The first kappa shape index (κ1) is 42.1. The molecule has 4 aromatic heterocycles. The molecule has 4 atom stereocenters. The number of thiazole rings is 1. The van der Waals surface area contributed by atoms with Crippen LogP contribution in [0.4, 0.5) is 5.82 Å². The smallest absolute Gasteiger partial charge is 0.243 e. The maximum absolute atomic E-state index is 14.0. The number of carbonyl (C=O) groups excluding carboxylic acids is 3. The van der Waals surface area contributed by atoms with Crippen molar-refractivity contribution in [1.82, 2.24) is 50.0 Å². The lowest BCUT2D eigenvalue weighted by molar-refractivity contribution is -0.146. The summed E-state index contributed by atoms with van der Waals surface area (Å²) in [7, 11) is 0. The van der Waals surface area contributed by atoms with Crippen molar-refractivity contribution in [2.75, 3.05) is 38.5 Å². The average molecular weight is 839 g/mol. The fourth-order valence-corrected chi connectivity index (χ4v) is 8.60. The maximum atomic E-state index is 14.0. The number of nitrogens with zero attached hydrogens (tertiary/aromatic N) is 9. The molecule has 19 heteroatoms. The fourth-order valence-electron chi connectivity index (χ4n) is 7.84. The number of anilines is 1. The summed E-state index contributed by atoms with van der Waals surface area (Å²) in [6.45, 7) is 9.32. The Labute approximate surface area is 350 Å². The number of aryl methyl sites for hydroxylation is 1. The Morgan fingerprint density at radius 2 is 1.83 bits per heavy atom. The molecule has 0 bridgehead atoms. The van der Waals surface area contributed by atoms with Crippen LogP contribution < -0.4 is 16.8 Å². The van der Waals surface area contributed by atoms with E-state index in [0.29, 0.717) is 40.5 Å². The summed E-state index contributed by atoms with van der Waals surface area (Å²) in [5.74, 6) is -2.88. The lowest BCUT2D eigenvalue weighted by Crippen LogP contribution is -2.50. The second-order valence-corrected chi connectivity index (χ2v) is 16.5. The Kier molecular flexibility index (Phi) is 12.7. The molecule has 60 heavy (non-hydrogen) atoms. The summed E-state index contributed by atoms with van der Waals surface area (Å²) in [6.07, 6.45) is 5.01. The van der Waals surface area contributed by atoms with Crippen LogP contribution in [-0.2, 0) is 19.1 Å². The summed E-state index contributed by atoms with van der Waals surface area (Å²) < 4.78 is 7.65. The zero-order valence-electron chi connectivity index (χ0n) is 33.9. The third kappa shape index (κ3) is 9.07. The lowest BCUT2D eigenvalue weighted by atomic mass is 9.89. The number of aliphatic hydroxyl groups excluding tert-OH is 1. The molecular formula is C41H50N12O6S. The molecule has 6 heterocycles. The van der Waals surface area contributed by atoms with Gasteiger partial charge in [0.05, 0.1) is 63.6 Å². The Morgan fingerprint density at radius 3 is 2.52 bits per heavy atom. The monoisotopic (exact) mass is 838 g/mol. The number of nitrogens with one attached hydrogen (secondary N) is 1. The van der Waals surface area contributed by atoms with Crippen molar-refractivity contribution in [3.8, 4) is 27.6 Å². The van der Waals surface area contributed by atoms with Crippen molar-refractivity contribution in [2.45, 2.75) is 71.2 Å². The van der Waals surface area contributed by atoms with Crippen molar-refractivity contribution in [2.24, 2.45) is 17.6 Å². The minimum absolute atomic E-state index is 0.0266. The van der Waals surface area contributed by atoms with E-state index in [-0.39, 0.29) is 37.2 Å². The number of carbonyl (C=O) groups is 3. The molecule has 2 aliphatic heterocycles. The van der Waals surface area contributed by atoms with E-state index in [0.717, 1.165) is 48.1 Å². The Bertz CT molecular complexity index is 2370. The molecule has 0 aliphatic carbocycles. The molecule has 18 nitrogen and oxygen atoms in total. The van der Waals surface area contributed by atoms with Gasteiger partial charge in [-0.1, -0.05) is 26.0 Å². The summed E-state index contributed by atoms with van der Waals surface area (Å²) >= 11 is 1.47. The van der Waals surface area contributed by atoms with Gasteiger partial charge >= 0.3 is 0 Å². The van der Waals surface area contributed by atoms with Crippen molar-refractivity contribution < 1.29 is 29.3 Å². The standard InChI is InChI=1S/C41H50N12O6S/c1-22(2)36(41(58)52-20-26(54)15-32(52)40(57)47-23(3)29-18-45-30(19-44-29)38-24(4)46-21-60-38)34(56)17-35(42)59-14-13-51-11-9-25(10-12-51)53-31-16-28(27-7-5-6-8-33(27)55)48-49-37(31)39(43)50-53/h5-8,16-19,21-23,25-26,32,36,54-55H,9-15,20,42H2,1-4H3,(H2,43,50)(H,47,57)/t23?,26-,32+,36?/m1/s1. The Morgan fingerprint density at radius 1 is 1.07 bits per heavy atom. The van der Waals surface area contributed by atoms with E-state index < -0.39 is 47.6 Å². The number of benzene rings is 1. The number of para-hydroxylation sites is 1. The van der Waals surface area contributed by atoms with Crippen LogP contribution in [0, 0.1) is 18.8 Å². The number of ether oxygens (including phenoxy) is 1. The molecule has 2 unspecified atom stereocenters. The number of phenolic OH excluding ortho intramolecular Hbond substituents is 1. The number of fused-ring (bicyclic) bond motifs is 1. The van der Waals surface area contributed by atoms with E-state index in [1.54, 1.807) is 56.9 Å². The topological polar surface area (TPSA) is 254 Å². The Balaban J connectivity index is 0.913. The van der Waals surface area contributed by atoms with Gasteiger partial charge in [-0.3, -0.25) is 33.9 Å². The van der Waals surface area contributed by atoms with Gasteiger partial charge in [0.2, 0.25) is 11.8 Å². The molecule has 7 rings (SSSR count). The summed E-state index contributed by atoms with van der Waals surface area (Å²) in [5.41, 5.74) is 18.5. The number of aromatic nitrogens is 7. The summed E-state index contributed by atoms with van der Waals surface area (Å²) in [5, 5.41) is 37.0. The number of nitrogens with two attached hydrogens (primary N) is 2. The van der Waals surface area contributed by atoms with E-state index in [1.165, 1.54) is 16.2 Å². The maximum Gasteiger partial charge on any atom is 0.243 e. The highest BCUT2D eigenvalue weighted by molar-refractivity contribution is 7.13. The van der Waals surface area contributed by atoms with Crippen LogP contribution in [0.2, 0.25) is 0 Å². The van der Waals surface area contributed by atoms with Crippen LogP contribution in [0.25, 0.3) is 32.9 Å². The van der Waals surface area contributed by atoms with Gasteiger partial charge in [0, 0.05) is 44.2 Å². The minimum atomic E-state index is -1.15. The number of nitrogen functional groups attached to an aromatic ring is 1. The number of rotatable bonds is 14. The van der Waals surface area contributed by atoms with Gasteiger partial charge < -0.3 is 36.6 Å². The number of likely N-dealkylation sites (tertiary alicyclic amines) is 2. The number of hydrogen-bond acceptors (Lipinski definition) is 16. The molecule has 2 amide bonds. The molecule has 0 saturated carbocycles. The zero-order chi connectivity index (χ0) is 42.7. The number of phenols is 1. The Hall–Kier alpha value is -6.05. The van der Waals surface area contributed by atoms with E-state index in [1.807, 2.05) is 23.7 Å². The van der Waals surface area contributed by atoms with E-state index in [4.69, 9.17) is 16.2 Å². The highest BCUT2D eigenvalue weighted by Crippen LogP contribution is 2.33. The summed E-state index contributed by atoms with van der Waals surface area (Å²) in [4.78, 5) is 58.8. The van der Waals surface area contributed by atoms with Crippen LogP contribution >= 0.6 is 11.3 Å². The van der Waals surface area contributed by atoms with Gasteiger partial charge in [-0.05, 0) is 50.8 Å². The second-order valence-electron chi connectivity index (χ2n) is 15.6. The number of piperidine rings is 1. The van der Waals surface area contributed by atoms with E-state index >= 15 is 0 Å². The molecule has 0 spiro atoms. The fraction of sp³-hybridized carbons (Fsp3) is 0.439. The molecule has 0 radical (unpaired) electrons. The molecule has 7 N–H and O–H groups in total. The van der Waals surface area contributed by atoms with E-state index in [9.17, 15) is 24.6 Å². The molecule has 316 valence electrons. The van der Waals surface area contributed by atoms with Crippen LogP contribution in [0.5, 0.6) is 5.75 Å². The van der Waals surface area contributed by atoms with Crippen LogP contribution in [0.1, 0.15) is 63.5 Å². The largest absolute Gasteiger partial charge is 0.507 e. The number of aromatic hydroxyl groups is 1. The first-order valence-electron chi connectivity index (χ1n) is 20.0. The zero-order valence-corrected chi connectivity index (χ0v) is 34.7. The third-order valence-electron chi connectivity index (χ3n) is 11.1. The lowest BCUT2D eigenvalue weighted by Gasteiger charge is -2.32. The van der Waals surface area contributed by atoms with Gasteiger partial charge in [0.1, 0.15) is 30.0 Å². The van der Waals surface area contributed by atoms with Crippen LogP contribution in [-0.4, -0.2) is 117 Å². The first-order chi connectivity index (χ1) is 28.8. The number of allylic oxidation sites excluding steroid dienone is 1. The van der Waals surface area contributed by atoms with Crippen LogP contribution in [0.3, 0.4) is 0 Å². The van der Waals surface area contributed by atoms with Crippen molar-refractivity contribution >= 4 is 45.8 Å². The highest BCUT2D eigenvalue weighted by atomic mass is 32.1. The second kappa shape index (κ2) is 18.1. The van der Waals surface area contributed by atoms with Gasteiger partial charge in [-0.2, -0.15) is 5.10 Å². The number of hydrogen-bond donors (Lipinski definition) is 5. The van der Waals surface area contributed by atoms with E-state index in [2.05, 4.69) is 40.5 Å². The quantitative estimate of drug-likeness (QED) is 0.0612. The molecule has 2 fully saturated rings. The molecule has 5 aromatic rings. The van der Waals surface area contributed by atoms with Crippen molar-refractivity contribution in [3.63, 3.8) is 0 Å². The predicted octanol–water partition coefficient (Wildman–Crippen LogP) is 3.14. The summed E-state index contributed by atoms with van der Waals surface area (Å²) in [6, 6.07) is 7.33. The normalized spacial score (nSPS) is 18.8. The third-order valence-corrected chi connectivity index (χ3v) is 12.0. The molecule has 2 aliphatic rings. The minimum Gasteiger partial charge on any atom is -0.507 e. The van der Waals surface area contributed by atoms with Crippen molar-refractivity contribution in [1.29, 1.82) is 0 Å². The van der Waals surface area contributed by atoms with Crippen LogP contribution in [0.15, 0.2) is 60.2 Å². The molecule has 2 saturated heterocycles. The number of ketones is 1. The molecular weight excluding hydrogens is 789 g/mol. The predicted molar refractivity (Wildman–Crippen MR) is 224 cm³/mol. The van der Waals surface area contributed by atoms with Crippen molar-refractivity contribution in [3.05, 3.63) is 71.6 Å². The van der Waals surface area contributed by atoms with Gasteiger partial charge in [0.15, 0.2) is 23.0 Å². The van der Waals surface area contributed by atoms with Gasteiger partial charge in [-0.15, -0.1) is 21.5 Å². The molecule has 1 aromatic carbocycles. The number of amides is 2. The first-order valence-corrected chi connectivity index (χ1v) is 20.8. The number of aliphatic hydroxyl groups is 1. The van der Waals surface area contributed by atoms with Gasteiger partial charge in [0.25, 0.3) is 0 Å². The van der Waals surface area contributed by atoms with Gasteiger partial charge in [-0.25, -0.2) is 4.98 Å². The average Bonchev–Trinajstić information content (AvgIpc) is 3.94. The number of β-amino-alcohol motifs (C(OH)–C–C–N with tert-alkyl or cyclic N) is 1. The highest BCUT2D eigenvalue weighted by Gasteiger charge is 2.44.